The number of cyclic esters (lactones) is 1. The number of carbonyl (C=O) groups excluding carboxylic acids is 5. The lowest BCUT2D eigenvalue weighted by Crippen LogP contribution is -2.66. The molecule has 0 bridgehead atoms. The SMILES string of the molecule is CCC(=O)O[C@@H]1CC(=O)O[C@@H](C/C=C/c2cccc(-n3cncn3)c2)CCCN(C)C[C@H](O)[C@H](C)C[C@H](CC=O)[C@H](O[C@@H]2OC(C)[C@H](O[C@H]3CC(C)(OC(C)=O)[C@@H](OC(=O)CC)C(C)O3)C(N(C)C)C2O)[C@H]1OC. The Bertz CT molecular complexity index is 2130. The van der Waals surface area contributed by atoms with Gasteiger partial charge in [-0.3, -0.25) is 19.2 Å². The first kappa shape index (κ1) is 60.2. The molecular formula is C53H81N5O16. The van der Waals surface area contributed by atoms with Gasteiger partial charge in [0.15, 0.2) is 24.3 Å². The number of esters is 4. The predicted octanol–water partition coefficient (Wildman–Crippen LogP) is 4.21. The molecule has 2 N–H and O–H groups in total. The van der Waals surface area contributed by atoms with Crippen LogP contribution in [0.1, 0.15) is 112 Å². The number of benzene rings is 1. The third kappa shape index (κ3) is 16.6. The van der Waals surface area contributed by atoms with Crippen molar-refractivity contribution in [1.82, 2.24) is 24.6 Å². The van der Waals surface area contributed by atoms with Crippen LogP contribution in [0.2, 0.25) is 0 Å². The fraction of sp³-hybridized carbons (Fsp3) is 0.717. The Morgan fingerprint density at radius 3 is 2.36 bits per heavy atom. The van der Waals surface area contributed by atoms with E-state index in [0.29, 0.717) is 32.4 Å². The van der Waals surface area contributed by atoms with Gasteiger partial charge in [-0.05, 0) is 97.3 Å². The van der Waals surface area contributed by atoms with Crippen LogP contribution in [0, 0.1) is 11.8 Å². The third-order valence-electron chi connectivity index (χ3n) is 14.1. The number of aromatic nitrogens is 3. The average molecular weight is 1040 g/mol. The minimum Gasteiger partial charge on any atom is -0.462 e. The summed E-state index contributed by atoms with van der Waals surface area (Å²) in [5.74, 6) is -3.49. The molecule has 3 saturated heterocycles. The molecule has 16 atom stereocenters. The zero-order valence-electron chi connectivity index (χ0n) is 45.0. The number of likely N-dealkylation sites (N-methyl/N-ethyl adjacent to an activating group) is 2. The van der Waals surface area contributed by atoms with E-state index < -0.39 is 127 Å². The fourth-order valence-corrected chi connectivity index (χ4v) is 10.3. The van der Waals surface area contributed by atoms with Crippen molar-refractivity contribution in [2.45, 2.75) is 192 Å². The van der Waals surface area contributed by atoms with Gasteiger partial charge in [0.1, 0.15) is 49.5 Å². The highest BCUT2D eigenvalue weighted by atomic mass is 16.7. The number of aliphatic hydroxyl groups excluding tert-OH is 2. The van der Waals surface area contributed by atoms with E-state index >= 15 is 0 Å². The molecule has 0 aliphatic carbocycles. The topological polar surface area (TPSA) is 246 Å². The Balaban J connectivity index is 1.45. The quantitative estimate of drug-likeness (QED) is 0.128. The first-order valence-electron chi connectivity index (χ1n) is 25.9. The molecule has 3 aliphatic heterocycles. The van der Waals surface area contributed by atoms with Crippen LogP contribution in [0.15, 0.2) is 43.0 Å². The molecule has 5 rings (SSSR count). The van der Waals surface area contributed by atoms with Gasteiger partial charge in [-0.2, -0.15) is 5.10 Å². The third-order valence-corrected chi connectivity index (χ3v) is 14.1. The zero-order valence-corrected chi connectivity index (χ0v) is 45.0. The highest BCUT2D eigenvalue weighted by Crippen LogP contribution is 2.39. The van der Waals surface area contributed by atoms with Crippen LogP contribution in [-0.4, -0.2) is 192 Å². The standard InChI is InChI=1S/C53H81N5O16/c1-12-42(62)70-41-27-44(64)69-39(20-15-18-36-17-14-19-38(26-36)58-31-54-30-55-58)21-16-23-57(10)29-40(61)32(3)25-37(22-24-59)49(50(41)66-11)73-52-47(65)46(56(8)9)48(33(4)68-52)72-45-28-53(7,74-35(6)60)51(34(5)67-45)71-43(63)13-2/h14-15,17-19,24,26,30-34,37,39-41,45-52,61,65H,12-13,16,20-23,25,27-29H2,1-11H3/b18-15+/t32-,33?,34?,37+,39+,40+,41-,45+,46?,47?,48+,49+,50+,51+,52+,53?/m1/s1. The van der Waals surface area contributed by atoms with Gasteiger partial charge in [0.05, 0.1) is 42.6 Å². The summed E-state index contributed by atoms with van der Waals surface area (Å²) in [5, 5.41) is 28.3. The molecule has 1 aromatic heterocycles. The monoisotopic (exact) mass is 1040 g/mol. The number of hydrogen-bond acceptors (Lipinski definition) is 20. The Labute approximate surface area is 435 Å². The normalized spacial score (nSPS) is 34.2. The second-order valence-corrected chi connectivity index (χ2v) is 20.3. The maximum Gasteiger partial charge on any atom is 0.309 e. The molecule has 74 heavy (non-hydrogen) atoms. The lowest BCUT2D eigenvalue weighted by Gasteiger charge is -2.50. The molecule has 2 aromatic rings. The average Bonchev–Trinajstić information content (AvgIpc) is 3.89. The molecule has 0 spiro atoms. The molecule has 0 radical (unpaired) electrons. The van der Waals surface area contributed by atoms with Gasteiger partial charge in [0, 0.05) is 52.7 Å². The second kappa shape index (κ2) is 28.4. The van der Waals surface area contributed by atoms with E-state index in [2.05, 4.69) is 10.1 Å². The summed E-state index contributed by atoms with van der Waals surface area (Å²) in [7, 11) is 6.79. The number of methoxy groups -OCH3 is 1. The van der Waals surface area contributed by atoms with Crippen molar-refractivity contribution in [2.24, 2.45) is 11.8 Å². The molecule has 21 nitrogen and oxygen atoms in total. The second-order valence-electron chi connectivity index (χ2n) is 20.3. The summed E-state index contributed by atoms with van der Waals surface area (Å²) in [4.78, 5) is 72.8. The lowest BCUT2D eigenvalue weighted by atomic mass is 9.82. The first-order valence-corrected chi connectivity index (χ1v) is 25.9. The Hall–Kier alpha value is -4.71. The molecular weight excluding hydrogens is 963 g/mol. The first-order chi connectivity index (χ1) is 35.2. The van der Waals surface area contributed by atoms with Crippen molar-refractivity contribution in [1.29, 1.82) is 0 Å². The number of aliphatic hydroxyl groups is 2. The van der Waals surface area contributed by atoms with Crippen LogP contribution < -0.4 is 0 Å². The number of carbonyl (C=O) groups is 5. The minimum atomic E-state index is -1.45. The van der Waals surface area contributed by atoms with E-state index in [0.717, 1.165) is 17.5 Å². The molecule has 0 amide bonds. The van der Waals surface area contributed by atoms with E-state index in [9.17, 15) is 34.2 Å². The molecule has 4 heterocycles. The Kier molecular flexibility index (Phi) is 23.1. The van der Waals surface area contributed by atoms with Crippen molar-refractivity contribution in [2.75, 3.05) is 41.3 Å². The van der Waals surface area contributed by atoms with Gasteiger partial charge in [-0.25, -0.2) is 9.67 Å². The minimum absolute atomic E-state index is 0.0272. The van der Waals surface area contributed by atoms with Crippen LogP contribution in [0.3, 0.4) is 0 Å². The van der Waals surface area contributed by atoms with Crippen LogP contribution in [0.5, 0.6) is 0 Å². The van der Waals surface area contributed by atoms with Crippen LogP contribution >= 0.6 is 0 Å². The van der Waals surface area contributed by atoms with E-state index in [1.165, 1.54) is 20.4 Å². The molecule has 21 heteroatoms. The van der Waals surface area contributed by atoms with E-state index in [1.54, 1.807) is 64.6 Å². The molecule has 1 aromatic carbocycles. The predicted molar refractivity (Wildman–Crippen MR) is 268 cm³/mol. The summed E-state index contributed by atoms with van der Waals surface area (Å²) in [6, 6.07) is 6.89. The number of aldehydes is 1. The van der Waals surface area contributed by atoms with Crippen LogP contribution in [0.25, 0.3) is 11.8 Å². The summed E-state index contributed by atoms with van der Waals surface area (Å²) in [6.07, 6.45) is -3.54. The number of β-amino-alcohol motifs (C(OH)–C–C–N with tert-alkyl or cyclic N) is 1. The lowest BCUT2D eigenvalue weighted by molar-refractivity contribution is -0.344. The van der Waals surface area contributed by atoms with Gasteiger partial charge >= 0.3 is 23.9 Å². The van der Waals surface area contributed by atoms with Crippen LogP contribution in [0.4, 0.5) is 0 Å². The zero-order chi connectivity index (χ0) is 54.3. The summed E-state index contributed by atoms with van der Waals surface area (Å²) < 4.78 is 57.8. The number of rotatable bonds is 17. The van der Waals surface area contributed by atoms with E-state index in [-0.39, 0.29) is 32.1 Å². The van der Waals surface area contributed by atoms with Crippen molar-refractivity contribution >= 4 is 36.2 Å². The molecule has 5 unspecified atom stereocenters. The van der Waals surface area contributed by atoms with Gasteiger partial charge < -0.3 is 67.4 Å². The van der Waals surface area contributed by atoms with Crippen molar-refractivity contribution in [3.8, 4) is 5.69 Å². The molecule has 3 fully saturated rings. The fourth-order valence-electron chi connectivity index (χ4n) is 10.3. The van der Waals surface area contributed by atoms with E-state index in [1.807, 2.05) is 55.3 Å². The van der Waals surface area contributed by atoms with Crippen molar-refractivity contribution in [3.05, 3.63) is 48.6 Å². The number of hydrogen-bond donors (Lipinski definition) is 2. The Morgan fingerprint density at radius 2 is 1.72 bits per heavy atom. The van der Waals surface area contributed by atoms with E-state index in [4.69, 9.17) is 42.6 Å². The maximum absolute atomic E-state index is 14.2. The smallest absolute Gasteiger partial charge is 0.309 e. The maximum atomic E-state index is 14.2. The van der Waals surface area contributed by atoms with Gasteiger partial charge in [0.2, 0.25) is 0 Å². The van der Waals surface area contributed by atoms with Gasteiger partial charge in [0.25, 0.3) is 0 Å². The number of ether oxygens (including phenoxy) is 9. The van der Waals surface area contributed by atoms with Gasteiger partial charge in [-0.1, -0.05) is 45.1 Å². The Morgan fingerprint density at radius 1 is 0.986 bits per heavy atom. The van der Waals surface area contributed by atoms with Crippen molar-refractivity contribution < 1.29 is 76.8 Å². The van der Waals surface area contributed by atoms with Crippen LogP contribution in [-0.2, 0) is 66.6 Å². The highest BCUT2D eigenvalue weighted by molar-refractivity contribution is 5.73. The highest BCUT2D eigenvalue weighted by Gasteiger charge is 2.54. The number of nitrogens with zero attached hydrogens (tertiary/aromatic N) is 5. The molecule has 0 saturated carbocycles. The van der Waals surface area contributed by atoms with Crippen molar-refractivity contribution in [3.63, 3.8) is 0 Å². The summed E-state index contributed by atoms with van der Waals surface area (Å²) in [5.41, 5.74) is 0.389. The molecule has 414 valence electrons. The summed E-state index contributed by atoms with van der Waals surface area (Å²) >= 11 is 0. The summed E-state index contributed by atoms with van der Waals surface area (Å²) in [6.45, 7) is 12.4. The largest absolute Gasteiger partial charge is 0.462 e. The van der Waals surface area contributed by atoms with Gasteiger partial charge in [-0.15, -0.1) is 0 Å². The molecule has 3 aliphatic rings.